The van der Waals surface area contributed by atoms with Crippen LogP contribution in [-0.4, -0.2) is 45.1 Å². The van der Waals surface area contributed by atoms with Crippen molar-refractivity contribution >= 4 is 29.5 Å². The van der Waals surface area contributed by atoms with Crippen molar-refractivity contribution < 1.29 is 19.2 Å². The van der Waals surface area contributed by atoms with Crippen molar-refractivity contribution in [2.45, 2.75) is 11.3 Å². The van der Waals surface area contributed by atoms with E-state index >= 15 is 0 Å². The van der Waals surface area contributed by atoms with Crippen molar-refractivity contribution in [3.8, 4) is 0 Å². The number of hydrogen-bond acceptors (Lipinski definition) is 7. The van der Waals surface area contributed by atoms with Crippen LogP contribution in [0.3, 0.4) is 0 Å². The van der Waals surface area contributed by atoms with Gasteiger partial charge in [-0.15, -0.1) is 0 Å². The van der Waals surface area contributed by atoms with Crippen LogP contribution in [0.1, 0.15) is 11.9 Å². The third-order valence-corrected chi connectivity index (χ3v) is 3.64. The third kappa shape index (κ3) is 3.13. The summed E-state index contributed by atoms with van der Waals surface area (Å²) in [4.78, 5) is 14.4. The Kier molecular flexibility index (Phi) is 4.08. The fraction of sp³-hybridized carbons (Fsp3) is 0.625. The first-order valence-corrected chi connectivity index (χ1v) is 6.77. The molecule has 8 heteroatoms. The molecule has 1 unspecified atom stereocenters. The Labute approximate surface area is 100 Å². The lowest BCUT2D eigenvalue weighted by atomic mass is 10.4. The van der Waals surface area contributed by atoms with Gasteiger partial charge in [-0.1, -0.05) is 16.9 Å². The normalized spacial score (nSPS) is 20.9. The van der Waals surface area contributed by atoms with Crippen molar-refractivity contribution in [3.05, 3.63) is 5.82 Å². The van der Waals surface area contributed by atoms with Gasteiger partial charge in [0.25, 0.3) is 5.22 Å². The third-order valence-electron chi connectivity index (χ3n) is 1.85. The smallest absolute Gasteiger partial charge is 0.314 e. The minimum Gasteiger partial charge on any atom is -0.481 e. The Morgan fingerprint density at radius 2 is 2.56 bits per heavy atom. The van der Waals surface area contributed by atoms with Gasteiger partial charge >= 0.3 is 5.97 Å². The molecule has 0 aliphatic carbocycles. The molecule has 88 valence electrons. The molecule has 1 fully saturated rings. The van der Waals surface area contributed by atoms with E-state index < -0.39 is 5.97 Å². The molecule has 1 saturated heterocycles. The Morgan fingerprint density at radius 3 is 3.25 bits per heavy atom. The predicted molar refractivity (Wildman–Crippen MR) is 58.7 cm³/mol. The Balaban J connectivity index is 1.93. The van der Waals surface area contributed by atoms with Crippen molar-refractivity contribution in [1.82, 2.24) is 10.1 Å². The molecule has 0 bridgehead atoms. The van der Waals surface area contributed by atoms with E-state index in [1.165, 1.54) is 0 Å². The maximum atomic E-state index is 10.3. The highest BCUT2D eigenvalue weighted by molar-refractivity contribution is 7.99. The highest BCUT2D eigenvalue weighted by atomic mass is 32.2. The van der Waals surface area contributed by atoms with Crippen molar-refractivity contribution in [1.29, 1.82) is 0 Å². The van der Waals surface area contributed by atoms with Crippen molar-refractivity contribution in [3.63, 3.8) is 0 Å². The average Bonchev–Trinajstić information content (AvgIpc) is 2.76. The predicted octanol–water partition coefficient (Wildman–Crippen LogP) is 1.05. The Hall–Kier alpha value is -0.730. The van der Waals surface area contributed by atoms with Crippen LogP contribution in [-0.2, 0) is 9.53 Å². The van der Waals surface area contributed by atoms with Gasteiger partial charge in [0, 0.05) is 11.5 Å². The second-order valence-corrected chi connectivity index (χ2v) is 5.11. The van der Waals surface area contributed by atoms with E-state index in [0.29, 0.717) is 12.4 Å². The number of carbonyl (C=O) groups is 1. The first-order valence-electron chi connectivity index (χ1n) is 4.63. The molecule has 0 spiro atoms. The number of carboxylic acid groups (broad SMARTS) is 1. The topological polar surface area (TPSA) is 85.5 Å². The fourth-order valence-corrected chi connectivity index (χ4v) is 2.51. The van der Waals surface area contributed by atoms with E-state index in [0.717, 1.165) is 23.3 Å². The van der Waals surface area contributed by atoms with Gasteiger partial charge in [0.15, 0.2) is 0 Å². The Morgan fingerprint density at radius 1 is 1.69 bits per heavy atom. The molecule has 1 aromatic rings. The Bertz CT molecular complexity index is 365. The summed E-state index contributed by atoms with van der Waals surface area (Å²) in [6.07, 6.45) is -0.137. The van der Waals surface area contributed by atoms with E-state index in [9.17, 15) is 4.79 Å². The highest BCUT2D eigenvalue weighted by Crippen LogP contribution is 2.26. The van der Waals surface area contributed by atoms with Gasteiger partial charge in [0.1, 0.15) is 11.9 Å². The monoisotopic (exact) mass is 262 g/mol. The molecular weight excluding hydrogens is 252 g/mol. The minimum absolute atomic E-state index is 0.0814. The lowest BCUT2D eigenvalue weighted by molar-refractivity contribution is -0.133. The molecule has 1 aromatic heterocycles. The van der Waals surface area contributed by atoms with Gasteiger partial charge in [-0.3, -0.25) is 4.79 Å². The average molecular weight is 262 g/mol. The van der Waals surface area contributed by atoms with Gasteiger partial charge in [-0.05, 0) is 0 Å². The second kappa shape index (κ2) is 5.55. The van der Waals surface area contributed by atoms with E-state index in [2.05, 4.69) is 10.1 Å². The molecule has 2 rings (SSSR count). The largest absolute Gasteiger partial charge is 0.481 e. The molecule has 2 heterocycles. The van der Waals surface area contributed by atoms with Crippen LogP contribution in [0.2, 0.25) is 0 Å². The van der Waals surface area contributed by atoms with Gasteiger partial charge in [-0.25, -0.2) is 0 Å². The lowest BCUT2D eigenvalue weighted by Gasteiger charge is -2.18. The summed E-state index contributed by atoms with van der Waals surface area (Å²) in [5.74, 6) is 1.30. The zero-order valence-electron chi connectivity index (χ0n) is 8.29. The number of aliphatic carboxylic acids is 1. The van der Waals surface area contributed by atoms with E-state index in [4.69, 9.17) is 14.4 Å². The van der Waals surface area contributed by atoms with Gasteiger partial charge in [-0.2, -0.15) is 16.7 Å². The summed E-state index contributed by atoms with van der Waals surface area (Å²) in [6, 6.07) is 0. The van der Waals surface area contributed by atoms with E-state index in [1.807, 2.05) is 0 Å². The molecule has 0 radical (unpaired) electrons. The zero-order valence-corrected chi connectivity index (χ0v) is 9.92. The van der Waals surface area contributed by atoms with Crippen LogP contribution in [0.4, 0.5) is 0 Å². The number of ether oxygens (including phenoxy) is 1. The summed E-state index contributed by atoms with van der Waals surface area (Å²) >= 11 is 2.79. The van der Waals surface area contributed by atoms with Crippen LogP contribution in [0, 0.1) is 0 Å². The summed E-state index contributed by atoms with van der Waals surface area (Å²) in [7, 11) is 0. The number of rotatable bonds is 4. The number of nitrogens with zero attached hydrogens (tertiary/aromatic N) is 2. The van der Waals surface area contributed by atoms with E-state index in [1.54, 1.807) is 11.8 Å². The van der Waals surface area contributed by atoms with Crippen LogP contribution in [0.25, 0.3) is 0 Å². The molecular formula is C8H10N2O4S2. The molecule has 1 atom stereocenters. The molecule has 0 amide bonds. The van der Waals surface area contributed by atoms with E-state index in [-0.39, 0.29) is 17.1 Å². The summed E-state index contributed by atoms with van der Waals surface area (Å²) in [5.41, 5.74) is 0. The number of aromatic nitrogens is 2. The van der Waals surface area contributed by atoms with Crippen LogP contribution < -0.4 is 0 Å². The quantitative estimate of drug-likeness (QED) is 0.806. The zero-order chi connectivity index (χ0) is 11.4. The number of thioether (sulfide) groups is 2. The second-order valence-electron chi connectivity index (χ2n) is 3.04. The molecule has 0 aromatic carbocycles. The van der Waals surface area contributed by atoms with Crippen molar-refractivity contribution in [2.75, 3.05) is 23.9 Å². The standard InChI is InChI=1S/C8H10N2O4S2/c11-6(12)4-16-8-9-7(10-14-8)5-3-15-2-1-13-5/h5H,1-4H2,(H,11,12). The molecule has 0 saturated carbocycles. The summed E-state index contributed by atoms with van der Waals surface area (Å²) in [6.45, 7) is 0.682. The minimum atomic E-state index is -0.908. The number of hydrogen-bond donors (Lipinski definition) is 1. The van der Waals surface area contributed by atoms with Crippen LogP contribution >= 0.6 is 23.5 Å². The first kappa shape index (κ1) is 11.7. The molecule has 16 heavy (non-hydrogen) atoms. The van der Waals surface area contributed by atoms with Gasteiger partial charge in [0.2, 0.25) is 5.82 Å². The maximum absolute atomic E-state index is 10.3. The highest BCUT2D eigenvalue weighted by Gasteiger charge is 2.22. The SMILES string of the molecule is O=C(O)CSc1nc(C2CSCCO2)no1. The lowest BCUT2D eigenvalue weighted by Crippen LogP contribution is -2.16. The van der Waals surface area contributed by atoms with Gasteiger partial charge < -0.3 is 14.4 Å². The maximum Gasteiger partial charge on any atom is 0.314 e. The molecule has 1 aliphatic heterocycles. The molecule has 1 aliphatic rings. The van der Waals surface area contributed by atoms with Crippen molar-refractivity contribution in [2.24, 2.45) is 0 Å². The van der Waals surface area contributed by atoms with Crippen LogP contribution in [0.15, 0.2) is 9.75 Å². The number of carboxylic acids is 1. The fourth-order valence-electron chi connectivity index (χ4n) is 1.17. The first-order chi connectivity index (χ1) is 7.75. The molecule has 1 N–H and O–H groups in total. The summed E-state index contributed by atoms with van der Waals surface area (Å²) < 4.78 is 10.4. The summed E-state index contributed by atoms with van der Waals surface area (Å²) in [5, 5.41) is 12.5. The molecule has 6 nitrogen and oxygen atoms in total. The van der Waals surface area contributed by atoms with Gasteiger partial charge in [0.05, 0.1) is 6.61 Å². The van der Waals surface area contributed by atoms with Crippen LogP contribution in [0.5, 0.6) is 0 Å².